The predicted octanol–water partition coefficient (Wildman–Crippen LogP) is 2.61. The summed E-state index contributed by atoms with van der Waals surface area (Å²) >= 11 is 4.38. The van der Waals surface area contributed by atoms with Gasteiger partial charge in [-0.15, -0.1) is 11.3 Å². The first-order valence-electron chi connectivity index (χ1n) is 3.63. The van der Waals surface area contributed by atoms with E-state index in [1.54, 1.807) is 11.1 Å². The van der Waals surface area contributed by atoms with E-state index >= 15 is 0 Å². The van der Waals surface area contributed by atoms with Crippen LogP contribution in [0.25, 0.3) is 0 Å². The molecule has 0 bridgehead atoms. The van der Waals surface area contributed by atoms with E-state index in [4.69, 9.17) is 0 Å². The number of fused-ring (bicyclic) bond motifs is 1. The van der Waals surface area contributed by atoms with Gasteiger partial charge in [0.15, 0.2) is 0 Å². The van der Waals surface area contributed by atoms with E-state index in [9.17, 15) is 0 Å². The Morgan fingerprint density at radius 2 is 2.00 bits per heavy atom. The van der Waals surface area contributed by atoms with Crippen molar-refractivity contribution >= 4 is 33.9 Å². The molecule has 0 aliphatic carbocycles. The molecule has 0 N–H and O–H groups in total. The first-order valence-corrected chi connectivity index (χ1v) is 5.53. The van der Waals surface area contributed by atoms with Gasteiger partial charge in [-0.3, -0.25) is 4.90 Å². The molecule has 1 nitrogen and oxygen atoms in total. The fourth-order valence-corrected chi connectivity index (χ4v) is 3.93. The summed E-state index contributed by atoms with van der Waals surface area (Å²) in [7, 11) is 2.18. The van der Waals surface area contributed by atoms with Crippen LogP contribution in [0, 0.1) is 9.81 Å². The highest BCUT2D eigenvalue weighted by atomic mass is 127. The molecule has 0 saturated heterocycles. The molecule has 0 radical (unpaired) electrons. The fourth-order valence-electron chi connectivity index (χ4n) is 1.55. The highest BCUT2D eigenvalue weighted by Crippen LogP contribution is 2.34. The molecule has 2 rings (SSSR count). The third-order valence-corrected chi connectivity index (χ3v) is 4.42. The van der Waals surface area contributed by atoms with Gasteiger partial charge in [0.1, 0.15) is 0 Å². The van der Waals surface area contributed by atoms with Gasteiger partial charge >= 0.3 is 0 Å². The van der Waals surface area contributed by atoms with Crippen molar-refractivity contribution in [1.29, 1.82) is 0 Å². The van der Waals surface area contributed by atoms with Crippen LogP contribution in [0.3, 0.4) is 0 Å². The molecule has 2 heterocycles. The number of nitrogens with zero attached hydrogens (tertiary/aromatic N) is 1. The van der Waals surface area contributed by atoms with E-state index in [2.05, 4.69) is 41.5 Å². The smallest absolute Gasteiger partial charge is 0.0704 e. The van der Waals surface area contributed by atoms with E-state index in [0.29, 0.717) is 0 Å². The second-order valence-corrected chi connectivity index (χ2v) is 6.10. The fraction of sp³-hybridized carbons (Fsp3) is 0.500. The van der Waals surface area contributed by atoms with Crippen LogP contribution in [0.5, 0.6) is 0 Å². The summed E-state index contributed by atoms with van der Waals surface area (Å²) in [6.45, 7) is 4.53. The SMILES string of the molecule is Cc1sc(I)c2c1CN(C)C2. The standard InChI is InChI=1S/C8H10INS/c1-5-6-3-10(2)4-7(6)8(9)11-5/h3-4H2,1-2H3. The van der Waals surface area contributed by atoms with E-state index < -0.39 is 0 Å². The number of rotatable bonds is 0. The maximum atomic E-state index is 2.45. The van der Waals surface area contributed by atoms with Crippen molar-refractivity contribution in [2.75, 3.05) is 7.05 Å². The summed E-state index contributed by atoms with van der Waals surface area (Å²) in [6.07, 6.45) is 0. The highest BCUT2D eigenvalue weighted by Gasteiger charge is 2.22. The molecule has 0 unspecified atom stereocenters. The van der Waals surface area contributed by atoms with E-state index in [1.807, 2.05) is 11.3 Å². The van der Waals surface area contributed by atoms with Crippen molar-refractivity contribution in [2.45, 2.75) is 20.0 Å². The van der Waals surface area contributed by atoms with Crippen molar-refractivity contribution in [2.24, 2.45) is 0 Å². The molecule has 0 amide bonds. The Balaban J connectivity index is 2.51. The summed E-state index contributed by atoms with van der Waals surface area (Å²) in [5.74, 6) is 0. The first-order chi connectivity index (χ1) is 5.18. The lowest BCUT2D eigenvalue weighted by Crippen LogP contribution is -2.08. The number of aryl methyl sites for hydroxylation is 1. The molecule has 1 aromatic rings. The van der Waals surface area contributed by atoms with Gasteiger partial charge in [-0.1, -0.05) is 0 Å². The minimum Gasteiger partial charge on any atom is -0.298 e. The Labute approximate surface area is 84.5 Å². The Kier molecular flexibility index (Phi) is 1.97. The van der Waals surface area contributed by atoms with Crippen molar-refractivity contribution < 1.29 is 0 Å². The Morgan fingerprint density at radius 1 is 1.36 bits per heavy atom. The Morgan fingerprint density at radius 3 is 2.64 bits per heavy atom. The minimum atomic E-state index is 1.15. The molecular formula is C8H10INS. The predicted molar refractivity (Wildman–Crippen MR) is 56.9 cm³/mol. The van der Waals surface area contributed by atoms with Crippen molar-refractivity contribution in [3.63, 3.8) is 0 Å². The van der Waals surface area contributed by atoms with Gasteiger partial charge in [-0.2, -0.15) is 0 Å². The summed E-state index contributed by atoms with van der Waals surface area (Å²) in [5.41, 5.74) is 3.16. The monoisotopic (exact) mass is 279 g/mol. The Hall–Kier alpha value is 0.390. The van der Waals surface area contributed by atoms with Gasteiger partial charge in [-0.25, -0.2) is 0 Å². The zero-order valence-corrected chi connectivity index (χ0v) is 9.62. The van der Waals surface area contributed by atoms with Crippen LogP contribution < -0.4 is 0 Å². The number of hydrogen-bond donors (Lipinski definition) is 0. The lowest BCUT2D eigenvalue weighted by molar-refractivity contribution is 0.352. The molecule has 1 aliphatic heterocycles. The average molecular weight is 279 g/mol. The number of halogens is 1. The second kappa shape index (κ2) is 2.71. The van der Waals surface area contributed by atoms with Crippen LogP contribution in [0.2, 0.25) is 0 Å². The molecule has 11 heavy (non-hydrogen) atoms. The molecule has 0 fully saturated rings. The van der Waals surface area contributed by atoms with E-state index in [1.165, 1.54) is 7.76 Å². The van der Waals surface area contributed by atoms with Crippen LogP contribution in [0.1, 0.15) is 16.0 Å². The van der Waals surface area contributed by atoms with E-state index in [0.717, 1.165) is 13.1 Å². The zero-order valence-electron chi connectivity index (χ0n) is 6.65. The number of thiophene rings is 1. The molecular weight excluding hydrogens is 269 g/mol. The van der Waals surface area contributed by atoms with Crippen molar-refractivity contribution in [1.82, 2.24) is 4.90 Å². The van der Waals surface area contributed by atoms with Crippen LogP contribution in [-0.4, -0.2) is 11.9 Å². The van der Waals surface area contributed by atoms with Crippen LogP contribution in [0.15, 0.2) is 0 Å². The Bertz CT molecular complexity index is 266. The molecule has 0 spiro atoms. The van der Waals surface area contributed by atoms with Gasteiger partial charge in [-0.05, 0) is 47.7 Å². The van der Waals surface area contributed by atoms with Crippen LogP contribution in [-0.2, 0) is 13.1 Å². The third-order valence-electron chi connectivity index (χ3n) is 2.13. The van der Waals surface area contributed by atoms with Gasteiger partial charge in [0.25, 0.3) is 0 Å². The lowest BCUT2D eigenvalue weighted by Gasteiger charge is -2.04. The molecule has 60 valence electrons. The second-order valence-electron chi connectivity index (χ2n) is 3.06. The molecule has 0 saturated carbocycles. The number of hydrogen-bond acceptors (Lipinski definition) is 2. The normalized spacial score (nSPS) is 17.4. The molecule has 3 heteroatoms. The van der Waals surface area contributed by atoms with Crippen molar-refractivity contribution in [3.8, 4) is 0 Å². The van der Waals surface area contributed by atoms with Gasteiger partial charge < -0.3 is 0 Å². The van der Waals surface area contributed by atoms with Crippen LogP contribution in [0.4, 0.5) is 0 Å². The topological polar surface area (TPSA) is 3.24 Å². The maximum absolute atomic E-state index is 2.45. The largest absolute Gasteiger partial charge is 0.298 e. The van der Waals surface area contributed by atoms with Gasteiger partial charge in [0, 0.05) is 18.0 Å². The average Bonchev–Trinajstić information content (AvgIpc) is 2.38. The third kappa shape index (κ3) is 1.23. The van der Waals surface area contributed by atoms with Crippen molar-refractivity contribution in [3.05, 3.63) is 18.9 Å². The highest BCUT2D eigenvalue weighted by molar-refractivity contribution is 14.1. The minimum absolute atomic E-state index is 1.15. The first kappa shape index (κ1) is 8.01. The molecule has 1 aromatic heterocycles. The molecule has 0 atom stereocenters. The summed E-state index contributed by atoms with van der Waals surface area (Å²) in [5, 5.41) is 0. The van der Waals surface area contributed by atoms with Gasteiger partial charge in [0.05, 0.1) is 2.88 Å². The van der Waals surface area contributed by atoms with E-state index in [-0.39, 0.29) is 0 Å². The quantitative estimate of drug-likeness (QED) is 0.660. The van der Waals surface area contributed by atoms with Crippen LogP contribution >= 0.6 is 33.9 Å². The molecule has 1 aliphatic rings. The summed E-state index contributed by atoms with van der Waals surface area (Å²) in [4.78, 5) is 3.88. The van der Waals surface area contributed by atoms with Gasteiger partial charge in [0.2, 0.25) is 0 Å². The maximum Gasteiger partial charge on any atom is 0.0704 e. The zero-order chi connectivity index (χ0) is 8.01. The lowest BCUT2D eigenvalue weighted by atomic mass is 10.2. The summed E-state index contributed by atoms with van der Waals surface area (Å²) in [6, 6.07) is 0. The molecule has 0 aromatic carbocycles. The summed E-state index contributed by atoms with van der Waals surface area (Å²) < 4.78 is 1.49.